The van der Waals surface area contributed by atoms with E-state index in [-0.39, 0.29) is 35.5 Å². The molecule has 9 nitrogen and oxygen atoms in total. The van der Waals surface area contributed by atoms with Crippen molar-refractivity contribution in [3.8, 4) is 0 Å². The van der Waals surface area contributed by atoms with E-state index in [1.54, 1.807) is 19.9 Å². The summed E-state index contributed by atoms with van der Waals surface area (Å²) in [6.07, 6.45) is 2.62. The molecule has 10 heteroatoms. The Morgan fingerprint density at radius 2 is 1.81 bits per heavy atom. The van der Waals surface area contributed by atoms with Crippen LogP contribution in [0.2, 0.25) is 0 Å². The molecule has 1 saturated heterocycles. The fraction of sp³-hybridized carbons (Fsp3) is 0.591. The average molecular weight is 468 g/mol. The van der Waals surface area contributed by atoms with E-state index in [0.29, 0.717) is 18.7 Å². The van der Waals surface area contributed by atoms with E-state index >= 15 is 0 Å². The third-order valence-corrected chi connectivity index (χ3v) is 7.24. The number of piperidine rings is 1. The zero-order chi connectivity index (χ0) is 23.9. The molecule has 1 fully saturated rings. The maximum absolute atomic E-state index is 13.0. The van der Waals surface area contributed by atoms with Gasteiger partial charge in [-0.3, -0.25) is 9.59 Å². The Hall–Kier alpha value is -2.46. The second-order valence-corrected chi connectivity index (χ2v) is 10.1. The lowest BCUT2D eigenvalue weighted by Gasteiger charge is -2.26. The smallest absolute Gasteiger partial charge is 0.338 e. The summed E-state index contributed by atoms with van der Waals surface area (Å²) in [4.78, 5) is 38.2. The van der Waals surface area contributed by atoms with Gasteiger partial charge in [0.2, 0.25) is 15.9 Å². The second kappa shape index (κ2) is 11.4. The minimum absolute atomic E-state index is 0.0499. The molecule has 0 aliphatic carbocycles. The molecule has 0 saturated carbocycles. The summed E-state index contributed by atoms with van der Waals surface area (Å²) in [7, 11) is -3.71. The van der Waals surface area contributed by atoms with E-state index in [1.807, 2.05) is 13.8 Å². The highest BCUT2D eigenvalue weighted by Crippen LogP contribution is 2.24. The number of amides is 2. The summed E-state index contributed by atoms with van der Waals surface area (Å²) in [5.41, 5.74) is 0.594. The van der Waals surface area contributed by atoms with Crippen LogP contribution in [0.4, 0.5) is 0 Å². The van der Waals surface area contributed by atoms with Crippen molar-refractivity contribution in [3.05, 3.63) is 29.3 Å². The van der Waals surface area contributed by atoms with Gasteiger partial charge in [-0.25, -0.2) is 13.2 Å². The Morgan fingerprint density at radius 3 is 2.41 bits per heavy atom. The van der Waals surface area contributed by atoms with Crippen LogP contribution in [0.5, 0.6) is 0 Å². The molecule has 2 amide bonds. The molecule has 1 aromatic rings. The van der Waals surface area contributed by atoms with Crippen molar-refractivity contribution in [2.45, 2.75) is 57.9 Å². The van der Waals surface area contributed by atoms with E-state index in [9.17, 15) is 22.8 Å². The van der Waals surface area contributed by atoms with Crippen molar-refractivity contribution in [2.24, 2.45) is 0 Å². The SMILES string of the molecule is CCN(CC(=O)NC(C)C)C(=O)COC(=O)c1ccc(C)c(S(=O)(=O)N2CCCCC2)c1. The van der Waals surface area contributed by atoms with Gasteiger partial charge in [0, 0.05) is 25.7 Å². The number of nitrogens with one attached hydrogen (secondary N) is 1. The highest BCUT2D eigenvalue weighted by atomic mass is 32.2. The number of carbonyl (C=O) groups is 3. The molecule has 0 radical (unpaired) electrons. The lowest BCUT2D eigenvalue weighted by Crippen LogP contribution is -2.44. The lowest BCUT2D eigenvalue weighted by atomic mass is 10.1. The molecular formula is C22H33N3O6S. The van der Waals surface area contributed by atoms with Gasteiger partial charge in [0.25, 0.3) is 5.91 Å². The van der Waals surface area contributed by atoms with Crippen LogP contribution in [0.1, 0.15) is 56.0 Å². The predicted octanol–water partition coefficient (Wildman–Crippen LogP) is 1.70. The highest BCUT2D eigenvalue weighted by Gasteiger charge is 2.28. The van der Waals surface area contributed by atoms with Gasteiger partial charge in [0.1, 0.15) is 0 Å². The molecule has 1 heterocycles. The van der Waals surface area contributed by atoms with Gasteiger partial charge in [-0.1, -0.05) is 12.5 Å². The first-order chi connectivity index (χ1) is 15.1. The number of esters is 1. The number of nitrogens with zero attached hydrogens (tertiary/aromatic N) is 2. The van der Waals surface area contributed by atoms with Crippen LogP contribution in [-0.4, -0.2) is 74.2 Å². The van der Waals surface area contributed by atoms with Crippen molar-refractivity contribution in [1.29, 1.82) is 0 Å². The van der Waals surface area contributed by atoms with Crippen LogP contribution < -0.4 is 5.32 Å². The van der Waals surface area contributed by atoms with E-state index in [2.05, 4.69) is 5.32 Å². The minimum atomic E-state index is -3.71. The lowest BCUT2D eigenvalue weighted by molar-refractivity contribution is -0.138. The number of hydrogen-bond donors (Lipinski definition) is 1. The number of ether oxygens (including phenoxy) is 1. The number of likely N-dealkylation sites (N-methyl/N-ethyl adjacent to an activating group) is 1. The monoisotopic (exact) mass is 467 g/mol. The van der Waals surface area contributed by atoms with Gasteiger partial charge in [0.05, 0.1) is 17.0 Å². The van der Waals surface area contributed by atoms with Crippen LogP contribution in [0.25, 0.3) is 0 Å². The van der Waals surface area contributed by atoms with Crippen LogP contribution in [-0.2, 0) is 24.3 Å². The summed E-state index contributed by atoms with van der Waals surface area (Å²) in [5, 5.41) is 2.70. The number of benzene rings is 1. The molecule has 0 unspecified atom stereocenters. The molecule has 0 bridgehead atoms. The zero-order valence-corrected chi connectivity index (χ0v) is 20.0. The third-order valence-electron chi connectivity index (χ3n) is 5.20. The second-order valence-electron chi connectivity index (χ2n) is 8.15. The van der Waals surface area contributed by atoms with Crippen molar-refractivity contribution >= 4 is 27.8 Å². The molecule has 0 atom stereocenters. The molecule has 178 valence electrons. The topological polar surface area (TPSA) is 113 Å². The molecule has 0 aromatic heterocycles. The summed E-state index contributed by atoms with van der Waals surface area (Å²) < 4.78 is 32.6. The van der Waals surface area contributed by atoms with Crippen LogP contribution in [0.15, 0.2) is 23.1 Å². The van der Waals surface area contributed by atoms with E-state index in [0.717, 1.165) is 19.3 Å². The van der Waals surface area contributed by atoms with Gasteiger partial charge in [-0.2, -0.15) is 4.31 Å². The van der Waals surface area contributed by atoms with Gasteiger partial charge in [-0.15, -0.1) is 0 Å². The minimum Gasteiger partial charge on any atom is -0.452 e. The summed E-state index contributed by atoms with van der Waals surface area (Å²) >= 11 is 0. The van der Waals surface area contributed by atoms with E-state index in [1.165, 1.54) is 21.3 Å². The molecule has 1 N–H and O–H groups in total. The van der Waals surface area contributed by atoms with Gasteiger partial charge >= 0.3 is 5.97 Å². The number of aryl methyl sites for hydroxylation is 1. The normalized spacial score (nSPS) is 14.8. The Labute approximate surface area is 190 Å². The fourth-order valence-corrected chi connectivity index (χ4v) is 5.24. The molecule has 1 aliphatic heterocycles. The summed E-state index contributed by atoms with van der Waals surface area (Å²) in [5.74, 6) is -1.60. The first-order valence-corrected chi connectivity index (χ1v) is 12.3. The van der Waals surface area contributed by atoms with Crippen LogP contribution in [0.3, 0.4) is 0 Å². The van der Waals surface area contributed by atoms with Gasteiger partial charge in [0.15, 0.2) is 6.61 Å². The Kier molecular flexibility index (Phi) is 9.21. The fourth-order valence-electron chi connectivity index (χ4n) is 3.47. The molecule has 0 spiro atoms. The first-order valence-electron chi connectivity index (χ1n) is 10.9. The number of rotatable bonds is 9. The highest BCUT2D eigenvalue weighted by molar-refractivity contribution is 7.89. The molecule has 1 aromatic carbocycles. The number of sulfonamides is 1. The van der Waals surface area contributed by atoms with Crippen LogP contribution >= 0.6 is 0 Å². The first kappa shape index (κ1) is 25.8. The quantitative estimate of drug-likeness (QED) is 0.553. The van der Waals surface area contributed by atoms with E-state index in [4.69, 9.17) is 4.74 Å². The van der Waals surface area contributed by atoms with Crippen molar-refractivity contribution in [1.82, 2.24) is 14.5 Å². The largest absolute Gasteiger partial charge is 0.452 e. The standard InChI is InChI=1S/C22H33N3O6S/c1-5-24(14-20(26)23-16(2)3)21(27)15-31-22(28)18-10-9-17(4)19(13-18)32(29,30)25-11-7-6-8-12-25/h9-10,13,16H,5-8,11-12,14-15H2,1-4H3,(H,23,26). The van der Waals surface area contributed by atoms with Gasteiger partial charge in [-0.05, 0) is 58.2 Å². The number of carbonyl (C=O) groups excluding carboxylic acids is 3. The average Bonchev–Trinajstić information content (AvgIpc) is 2.75. The Bertz CT molecular complexity index is 939. The molecule has 32 heavy (non-hydrogen) atoms. The Balaban J connectivity index is 2.06. The van der Waals surface area contributed by atoms with Crippen molar-refractivity contribution < 1.29 is 27.5 Å². The zero-order valence-electron chi connectivity index (χ0n) is 19.2. The maximum Gasteiger partial charge on any atom is 0.338 e. The maximum atomic E-state index is 13.0. The molecular weight excluding hydrogens is 434 g/mol. The summed E-state index contributed by atoms with van der Waals surface area (Å²) in [6, 6.07) is 4.29. The predicted molar refractivity (Wildman–Crippen MR) is 120 cm³/mol. The van der Waals surface area contributed by atoms with Gasteiger partial charge < -0.3 is 15.0 Å². The third kappa shape index (κ3) is 6.77. The van der Waals surface area contributed by atoms with Crippen molar-refractivity contribution in [2.75, 3.05) is 32.8 Å². The molecule has 2 rings (SSSR count). The molecule has 1 aliphatic rings. The van der Waals surface area contributed by atoms with E-state index < -0.39 is 28.5 Å². The summed E-state index contributed by atoms with van der Waals surface area (Å²) in [6.45, 7) is 7.57. The van der Waals surface area contributed by atoms with Crippen molar-refractivity contribution in [3.63, 3.8) is 0 Å². The number of hydrogen-bond acceptors (Lipinski definition) is 6. The van der Waals surface area contributed by atoms with Crippen LogP contribution in [0, 0.1) is 6.92 Å². The Morgan fingerprint density at radius 1 is 1.16 bits per heavy atom.